The van der Waals surface area contributed by atoms with Crippen LogP contribution in [0.1, 0.15) is 58.6 Å². The van der Waals surface area contributed by atoms with Gasteiger partial charge in [0.05, 0.1) is 6.10 Å². The SMILES string of the molecule is CCN(CC)C(C)(CC)C(N)c1cccc(OC2CC2)c1. The van der Waals surface area contributed by atoms with Gasteiger partial charge in [0, 0.05) is 11.6 Å². The van der Waals surface area contributed by atoms with Crippen molar-refractivity contribution in [2.24, 2.45) is 5.73 Å². The Morgan fingerprint density at radius 2 is 1.95 bits per heavy atom. The molecule has 0 amide bonds. The topological polar surface area (TPSA) is 38.5 Å². The molecule has 0 radical (unpaired) electrons. The predicted molar refractivity (Wildman–Crippen MR) is 88.6 cm³/mol. The van der Waals surface area contributed by atoms with E-state index in [1.807, 2.05) is 6.07 Å². The second kappa shape index (κ2) is 6.80. The number of ether oxygens (including phenoxy) is 1. The second-order valence-corrected chi connectivity index (χ2v) is 6.25. The van der Waals surface area contributed by atoms with Crippen molar-refractivity contribution in [2.75, 3.05) is 13.1 Å². The zero-order valence-corrected chi connectivity index (χ0v) is 13.9. The number of likely N-dealkylation sites (N-methyl/N-ethyl adjacent to an activating group) is 1. The van der Waals surface area contributed by atoms with Crippen molar-refractivity contribution in [3.8, 4) is 5.75 Å². The van der Waals surface area contributed by atoms with Crippen LogP contribution in [0.4, 0.5) is 0 Å². The van der Waals surface area contributed by atoms with Gasteiger partial charge in [0.25, 0.3) is 0 Å². The molecule has 0 saturated heterocycles. The third-order valence-electron chi connectivity index (χ3n) is 4.92. The molecule has 3 heteroatoms. The Morgan fingerprint density at radius 1 is 1.29 bits per heavy atom. The van der Waals surface area contributed by atoms with Crippen LogP contribution in [0.3, 0.4) is 0 Å². The summed E-state index contributed by atoms with van der Waals surface area (Å²) in [5, 5.41) is 0. The van der Waals surface area contributed by atoms with Crippen LogP contribution in [-0.4, -0.2) is 29.6 Å². The molecule has 1 aromatic carbocycles. The summed E-state index contributed by atoms with van der Waals surface area (Å²) in [6.07, 6.45) is 3.82. The molecule has 0 bridgehead atoms. The van der Waals surface area contributed by atoms with Crippen molar-refractivity contribution < 1.29 is 4.74 Å². The number of rotatable bonds is 8. The van der Waals surface area contributed by atoms with Gasteiger partial charge in [0.1, 0.15) is 5.75 Å². The maximum Gasteiger partial charge on any atom is 0.120 e. The number of hydrogen-bond acceptors (Lipinski definition) is 3. The van der Waals surface area contributed by atoms with Crippen molar-refractivity contribution in [3.63, 3.8) is 0 Å². The Morgan fingerprint density at radius 3 is 2.48 bits per heavy atom. The van der Waals surface area contributed by atoms with Crippen LogP contribution in [0.25, 0.3) is 0 Å². The first-order chi connectivity index (χ1) is 10.0. The minimum absolute atomic E-state index is 0.00912. The molecule has 2 N–H and O–H groups in total. The Kier molecular flexibility index (Phi) is 5.28. The van der Waals surface area contributed by atoms with Gasteiger partial charge in [-0.05, 0) is 57.0 Å². The van der Waals surface area contributed by atoms with E-state index in [4.69, 9.17) is 10.5 Å². The Balaban J connectivity index is 2.21. The van der Waals surface area contributed by atoms with Crippen LogP contribution in [0.2, 0.25) is 0 Å². The van der Waals surface area contributed by atoms with E-state index in [0.717, 1.165) is 25.3 Å². The molecule has 2 rings (SSSR count). The first-order valence-corrected chi connectivity index (χ1v) is 8.32. The summed E-state index contributed by atoms with van der Waals surface area (Å²) >= 11 is 0. The third kappa shape index (κ3) is 3.58. The van der Waals surface area contributed by atoms with Gasteiger partial charge in [0.15, 0.2) is 0 Å². The van der Waals surface area contributed by atoms with Crippen molar-refractivity contribution in [3.05, 3.63) is 29.8 Å². The molecule has 1 aromatic rings. The maximum atomic E-state index is 6.65. The van der Waals surface area contributed by atoms with Gasteiger partial charge < -0.3 is 10.5 Å². The fraction of sp³-hybridized carbons (Fsp3) is 0.667. The maximum absolute atomic E-state index is 6.65. The number of hydrogen-bond donors (Lipinski definition) is 1. The molecule has 1 aliphatic rings. The highest BCUT2D eigenvalue weighted by Crippen LogP contribution is 2.34. The van der Waals surface area contributed by atoms with Crippen LogP contribution in [0.15, 0.2) is 24.3 Å². The number of nitrogens with zero attached hydrogens (tertiary/aromatic N) is 1. The van der Waals surface area contributed by atoms with E-state index in [1.165, 1.54) is 18.4 Å². The van der Waals surface area contributed by atoms with E-state index in [2.05, 4.69) is 50.8 Å². The normalized spacial score (nSPS) is 19.3. The van der Waals surface area contributed by atoms with Gasteiger partial charge in [-0.25, -0.2) is 0 Å². The molecule has 1 saturated carbocycles. The molecule has 2 unspecified atom stereocenters. The van der Waals surface area contributed by atoms with Gasteiger partial charge in [-0.3, -0.25) is 4.90 Å². The average molecular weight is 290 g/mol. The molecule has 1 fully saturated rings. The van der Waals surface area contributed by atoms with Gasteiger partial charge in [-0.1, -0.05) is 32.9 Å². The molecule has 2 atom stereocenters. The summed E-state index contributed by atoms with van der Waals surface area (Å²) in [5.41, 5.74) is 7.80. The summed E-state index contributed by atoms with van der Waals surface area (Å²) in [7, 11) is 0. The minimum atomic E-state index is -0.0261. The first-order valence-electron chi connectivity index (χ1n) is 8.32. The second-order valence-electron chi connectivity index (χ2n) is 6.25. The first kappa shape index (κ1) is 16.3. The molecular weight excluding hydrogens is 260 g/mol. The lowest BCUT2D eigenvalue weighted by molar-refractivity contribution is 0.0843. The van der Waals surface area contributed by atoms with Crippen molar-refractivity contribution in [2.45, 2.75) is 64.6 Å². The molecular formula is C18H30N2O. The van der Waals surface area contributed by atoms with E-state index < -0.39 is 0 Å². The van der Waals surface area contributed by atoms with Gasteiger partial charge in [0.2, 0.25) is 0 Å². The molecule has 118 valence electrons. The van der Waals surface area contributed by atoms with Gasteiger partial charge in [-0.15, -0.1) is 0 Å². The lowest BCUT2D eigenvalue weighted by atomic mass is 9.83. The van der Waals surface area contributed by atoms with Crippen molar-refractivity contribution in [1.29, 1.82) is 0 Å². The minimum Gasteiger partial charge on any atom is -0.490 e. The van der Waals surface area contributed by atoms with E-state index in [1.54, 1.807) is 0 Å². The monoisotopic (exact) mass is 290 g/mol. The zero-order chi connectivity index (χ0) is 15.5. The van der Waals surface area contributed by atoms with Crippen LogP contribution < -0.4 is 10.5 Å². The number of nitrogens with two attached hydrogens (primary N) is 1. The number of benzene rings is 1. The van der Waals surface area contributed by atoms with E-state index in [0.29, 0.717) is 6.10 Å². The molecule has 1 aliphatic carbocycles. The Labute approximate surface area is 129 Å². The fourth-order valence-electron chi connectivity index (χ4n) is 3.10. The fourth-order valence-corrected chi connectivity index (χ4v) is 3.10. The van der Waals surface area contributed by atoms with E-state index in [-0.39, 0.29) is 11.6 Å². The largest absolute Gasteiger partial charge is 0.490 e. The van der Waals surface area contributed by atoms with Crippen LogP contribution in [0, 0.1) is 0 Å². The molecule has 0 aliphatic heterocycles. The lowest BCUT2D eigenvalue weighted by Gasteiger charge is -2.44. The third-order valence-corrected chi connectivity index (χ3v) is 4.92. The highest BCUT2D eigenvalue weighted by atomic mass is 16.5. The van der Waals surface area contributed by atoms with E-state index in [9.17, 15) is 0 Å². The zero-order valence-electron chi connectivity index (χ0n) is 13.9. The lowest BCUT2D eigenvalue weighted by Crippen LogP contribution is -2.52. The van der Waals surface area contributed by atoms with Crippen molar-refractivity contribution in [1.82, 2.24) is 4.90 Å². The summed E-state index contributed by atoms with van der Waals surface area (Å²) < 4.78 is 5.91. The molecule has 3 nitrogen and oxygen atoms in total. The van der Waals surface area contributed by atoms with Crippen LogP contribution in [0.5, 0.6) is 5.75 Å². The van der Waals surface area contributed by atoms with Crippen LogP contribution in [-0.2, 0) is 0 Å². The summed E-state index contributed by atoms with van der Waals surface area (Å²) in [6.45, 7) is 11.0. The highest BCUT2D eigenvalue weighted by Gasteiger charge is 2.35. The Hall–Kier alpha value is -1.06. The molecule has 0 heterocycles. The average Bonchev–Trinajstić information content (AvgIpc) is 3.31. The molecule has 0 aromatic heterocycles. The van der Waals surface area contributed by atoms with Crippen LogP contribution >= 0.6 is 0 Å². The predicted octanol–water partition coefficient (Wildman–Crippen LogP) is 3.74. The Bertz CT molecular complexity index is 454. The summed E-state index contributed by atoms with van der Waals surface area (Å²) in [5.74, 6) is 0.962. The quantitative estimate of drug-likeness (QED) is 0.792. The smallest absolute Gasteiger partial charge is 0.120 e. The summed E-state index contributed by atoms with van der Waals surface area (Å²) in [6, 6.07) is 8.34. The van der Waals surface area contributed by atoms with Crippen molar-refractivity contribution >= 4 is 0 Å². The molecule has 21 heavy (non-hydrogen) atoms. The summed E-state index contributed by atoms with van der Waals surface area (Å²) in [4.78, 5) is 2.46. The van der Waals surface area contributed by atoms with Gasteiger partial charge >= 0.3 is 0 Å². The highest BCUT2D eigenvalue weighted by molar-refractivity contribution is 5.32. The molecule has 0 spiro atoms. The standard InChI is InChI=1S/C18H30N2O/c1-5-18(4,20(6-2)7-3)17(19)14-9-8-10-16(13-14)21-15-11-12-15/h8-10,13,15,17H,5-7,11-12,19H2,1-4H3. The van der Waals surface area contributed by atoms with Gasteiger partial charge in [-0.2, -0.15) is 0 Å². The van der Waals surface area contributed by atoms with E-state index >= 15 is 0 Å².